The molecule has 0 aliphatic carbocycles. The summed E-state index contributed by atoms with van der Waals surface area (Å²) in [5.74, 6) is 0.271. The Morgan fingerprint density at radius 1 is 0.348 bits per heavy atom. The number of carbonyl (C=O) groups excluding carboxylic acids is 3. The molecule has 336 valence electrons. The summed E-state index contributed by atoms with van der Waals surface area (Å²) in [7, 11) is 0. The summed E-state index contributed by atoms with van der Waals surface area (Å²) in [5, 5.41) is 33.1. The van der Waals surface area contributed by atoms with E-state index in [1.165, 1.54) is 36.4 Å². The van der Waals surface area contributed by atoms with E-state index in [1.54, 1.807) is 127 Å². The van der Waals surface area contributed by atoms with Gasteiger partial charge in [-0.2, -0.15) is 0 Å². The molecule has 3 N–H and O–H groups in total. The van der Waals surface area contributed by atoms with Gasteiger partial charge in [0.1, 0.15) is 55.4 Å². The Morgan fingerprint density at radius 2 is 0.561 bits per heavy atom. The molecule has 0 saturated carbocycles. The van der Waals surface area contributed by atoms with Crippen molar-refractivity contribution in [3.8, 4) is 17.2 Å². The van der Waals surface area contributed by atoms with Gasteiger partial charge in [0.2, 0.25) is 0 Å². The average Bonchev–Trinajstić information content (AvgIpc) is 3.36. The zero-order valence-corrected chi connectivity index (χ0v) is 35.4. The molecule has 1 aromatic heterocycles. The van der Waals surface area contributed by atoms with Crippen molar-refractivity contribution in [3.63, 3.8) is 0 Å². The molecule has 0 aliphatic rings. The number of hydrogen-bond donors (Lipinski definition) is 3. The minimum atomic E-state index is -1.48. The standard InChI is InChI=1S/C51H45N3O12/c55-40(31-64-43-22-16-37(17-23-43)46(58)34-10-4-1-5-11-34)28-52-49(61)53(29-41(56)32-65-44-24-18-38(19-25-44)47(59)35-12-6-2-7-13-35)51(63)54(50(52)62)30-42(57)33-66-45-26-20-39(21-27-45)48(60)36-14-8-3-9-15-36/h1-27,40-42,55-57H,28-33H2. The monoisotopic (exact) mass is 891 g/mol. The number of ether oxygens (including phenoxy) is 3. The van der Waals surface area contributed by atoms with E-state index in [1.807, 2.05) is 0 Å². The van der Waals surface area contributed by atoms with Gasteiger partial charge in [-0.1, -0.05) is 91.0 Å². The van der Waals surface area contributed by atoms with Crippen LogP contribution in [0.25, 0.3) is 0 Å². The van der Waals surface area contributed by atoms with Crippen LogP contribution in [0, 0.1) is 0 Å². The van der Waals surface area contributed by atoms with Crippen molar-refractivity contribution in [1.82, 2.24) is 13.7 Å². The van der Waals surface area contributed by atoms with E-state index in [9.17, 15) is 44.1 Å². The third-order valence-corrected chi connectivity index (χ3v) is 10.4. The lowest BCUT2D eigenvalue weighted by Crippen LogP contribution is -2.57. The van der Waals surface area contributed by atoms with Gasteiger partial charge in [0.15, 0.2) is 17.3 Å². The van der Waals surface area contributed by atoms with E-state index < -0.39 is 74.8 Å². The minimum absolute atomic E-state index is 0.196. The molecule has 0 saturated heterocycles. The summed E-state index contributed by atoms with van der Waals surface area (Å²) >= 11 is 0. The second-order valence-corrected chi connectivity index (χ2v) is 15.2. The number of aromatic nitrogens is 3. The van der Waals surface area contributed by atoms with E-state index in [0.717, 1.165) is 0 Å². The minimum Gasteiger partial charge on any atom is -0.491 e. The topological polar surface area (TPSA) is 206 Å². The number of aliphatic hydroxyl groups excluding tert-OH is 3. The van der Waals surface area contributed by atoms with E-state index >= 15 is 0 Å². The summed E-state index contributed by atoms with van der Waals surface area (Å²) in [6.07, 6.45) is -4.43. The van der Waals surface area contributed by atoms with Crippen molar-refractivity contribution in [1.29, 1.82) is 0 Å². The molecular weight excluding hydrogens is 847 g/mol. The predicted octanol–water partition coefficient (Wildman–Crippen LogP) is 4.18. The Labute approximate surface area is 377 Å². The Bertz CT molecular complexity index is 2580. The summed E-state index contributed by atoms with van der Waals surface area (Å²) < 4.78 is 18.9. The zero-order chi connectivity index (χ0) is 46.6. The molecule has 1 heterocycles. The van der Waals surface area contributed by atoms with Crippen LogP contribution in [0.4, 0.5) is 0 Å². The van der Waals surface area contributed by atoms with Crippen molar-refractivity contribution >= 4 is 17.3 Å². The maximum atomic E-state index is 13.8. The molecule has 15 heteroatoms. The lowest BCUT2D eigenvalue weighted by molar-refractivity contribution is 0.0748. The smallest absolute Gasteiger partial charge is 0.336 e. The summed E-state index contributed by atoms with van der Waals surface area (Å²) in [5.41, 5.74) is -0.713. The summed E-state index contributed by atoms with van der Waals surface area (Å²) in [6, 6.07) is 44.7. The highest BCUT2D eigenvalue weighted by molar-refractivity contribution is 6.10. The van der Waals surface area contributed by atoms with Crippen LogP contribution in [0.1, 0.15) is 47.8 Å². The van der Waals surface area contributed by atoms with Crippen LogP contribution in [0.2, 0.25) is 0 Å². The SMILES string of the molecule is O=C(c1ccccc1)c1ccc(OCC(O)Cn2c(=O)n(CC(O)COc3ccc(C(=O)c4ccccc4)cc3)c(=O)n(CC(O)COc3ccc(C(=O)c4ccccc4)cc3)c2=O)cc1. The highest BCUT2D eigenvalue weighted by Gasteiger charge is 2.23. The first kappa shape index (κ1) is 46.0. The number of nitrogens with zero attached hydrogens (tertiary/aromatic N) is 3. The van der Waals surface area contributed by atoms with Gasteiger partial charge in [-0.15, -0.1) is 0 Å². The van der Waals surface area contributed by atoms with Gasteiger partial charge >= 0.3 is 17.1 Å². The molecule has 0 radical (unpaired) electrons. The normalized spacial score (nSPS) is 12.4. The second-order valence-electron chi connectivity index (χ2n) is 15.2. The molecule has 0 spiro atoms. The highest BCUT2D eigenvalue weighted by atomic mass is 16.5. The van der Waals surface area contributed by atoms with Gasteiger partial charge in [-0.25, -0.2) is 28.1 Å². The first-order valence-corrected chi connectivity index (χ1v) is 20.9. The van der Waals surface area contributed by atoms with Crippen LogP contribution in [0.15, 0.2) is 178 Å². The maximum Gasteiger partial charge on any atom is 0.336 e. The third-order valence-electron chi connectivity index (χ3n) is 10.4. The molecule has 0 aliphatic heterocycles. The van der Waals surface area contributed by atoms with Crippen LogP contribution >= 0.6 is 0 Å². The number of hydrogen-bond acceptors (Lipinski definition) is 12. The first-order chi connectivity index (χ1) is 31.9. The van der Waals surface area contributed by atoms with E-state index in [0.29, 0.717) is 47.1 Å². The Kier molecular flexibility index (Phi) is 15.1. The summed E-state index contributed by atoms with van der Waals surface area (Å²) in [4.78, 5) is 79.9. The second kappa shape index (κ2) is 21.6. The average molecular weight is 892 g/mol. The molecule has 15 nitrogen and oxygen atoms in total. The number of ketones is 3. The van der Waals surface area contributed by atoms with Crippen LogP contribution in [0.5, 0.6) is 17.2 Å². The van der Waals surface area contributed by atoms with Crippen LogP contribution in [-0.2, 0) is 19.6 Å². The predicted molar refractivity (Wildman–Crippen MR) is 243 cm³/mol. The molecule has 66 heavy (non-hydrogen) atoms. The van der Waals surface area contributed by atoms with Gasteiger partial charge in [-0.05, 0) is 72.8 Å². The van der Waals surface area contributed by atoms with E-state index in [-0.39, 0.29) is 34.6 Å². The molecule has 0 bridgehead atoms. The molecule has 6 aromatic carbocycles. The highest BCUT2D eigenvalue weighted by Crippen LogP contribution is 2.19. The van der Waals surface area contributed by atoms with Gasteiger partial charge in [0.25, 0.3) is 0 Å². The number of carbonyl (C=O) groups is 3. The number of benzene rings is 6. The van der Waals surface area contributed by atoms with Crippen LogP contribution in [-0.4, -0.2) is 84.5 Å². The van der Waals surface area contributed by atoms with E-state index in [2.05, 4.69) is 0 Å². The molecular formula is C51H45N3O12. The van der Waals surface area contributed by atoms with Gasteiger partial charge < -0.3 is 29.5 Å². The van der Waals surface area contributed by atoms with Crippen molar-refractivity contribution in [2.24, 2.45) is 0 Å². The molecule has 7 aromatic rings. The Hall–Kier alpha value is -7.98. The van der Waals surface area contributed by atoms with Crippen molar-refractivity contribution in [2.45, 2.75) is 37.9 Å². The number of aliphatic hydroxyl groups is 3. The van der Waals surface area contributed by atoms with Gasteiger partial charge in [-0.3, -0.25) is 14.4 Å². The maximum absolute atomic E-state index is 13.8. The van der Waals surface area contributed by atoms with Crippen LogP contribution in [0.3, 0.4) is 0 Å². The van der Waals surface area contributed by atoms with Gasteiger partial charge in [0.05, 0.1) is 19.6 Å². The Balaban J connectivity index is 1.04. The third kappa shape index (κ3) is 11.6. The zero-order valence-electron chi connectivity index (χ0n) is 35.4. The first-order valence-electron chi connectivity index (χ1n) is 20.9. The Morgan fingerprint density at radius 3 is 0.788 bits per heavy atom. The molecule has 3 atom stereocenters. The van der Waals surface area contributed by atoms with Crippen LogP contribution < -0.4 is 31.3 Å². The molecule has 3 unspecified atom stereocenters. The number of rotatable bonds is 21. The summed E-state index contributed by atoms with van der Waals surface area (Å²) in [6.45, 7) is -3.17. The van der Waals surface area contributed by atoms with Crippen molar-refractivity contribution in [3.05, 3.63) is 229 Å². The fourth-order valence-corrected chi connectivity index (χ4v) is 6.89. The van der Waals surface area contributed by atoms with Crippen molar-refractivity contribution in [2.75, 3.05) is 19.8 Å². The fourth-order valence-electron chi connectivity index (χ4n) is 6.89. The van der Waals surface area contributed by atoms with Gasteiger partial charge in [0, 0.05) is 33.4 Å². The fraction of sp³-hybridized carbons (Fsp3) is 0.176. The van der Waals surface area contributed by atoms with Crippen molar-refractivity contribution < 1.29 is 43.9 Å². The quantitative estimate of drug-likeness (QED) is 0.0870. The van der Waals surface area contributed by atoms with E-state index in [4.69, 9.17) is 14.2 Å². The molecule has 0 fully saturated rings. The lowest BCUT2D eigenvalue weighted by atomic mass is 10.0. The lowest BCUT2D eigenvalue weighted by Gasteiger charge is -2.20. The molecule has 7 rings (SSSR count). The largest absolute Gasteiger partial charge is 0.491 e. The molecule has 0 amide bonds.